The molecule has 1 saturated carbocycles. The van der Waals surface area contributed by atoms with Crippen molar-refractivity contribution in [2.24, 2.45) is 11.8 Å². The highest BCUT2D eigenvalue weighted by Gasteiger charge is 2.43. The van der Waals surface area contributed by atoms with E-state index in [0.717, 1.165) is 17.7 Å². The minimum Gasteiger partial charge on any atom is -0.379 e. The number of halogens is 3. The summed E-state index contributed by atoms with van der Waals surface area (Å²) >= 11 is 0. The van der Waals surface area contributed by atoms with Gasteiger partial charge in [0, 0.05) is 75.8 Å². The highest BCUT2D eigenvalue weighted by Crippen LogP contribution is 2.37. The number of rotatable bonds is 20. The molecular formula is C42H53F3N10O8. The second-order valence-corrected chi connectivity index (χ2v) is 15.8. The molecule has 5 N–H and O–H groups in total. The second-order valence-electron chi connectivity index (χ2n) is 15.8. The average Bonchev–Trinajstić information content (AvgIpc) is 3.77. The van der Waals surface area contributed by atoms with Crippen LogP contribution in [-0.4, -0.2) is 138 Å². The van der Waals surface area contributed by atoms with Gasteiger partial charge in [-0.2, -0.15) is 13.2 Å². The van der Waals surface area contributed by atoms with Crippen molar-refractivity contribution < 1.29 is 51.4 Å². The van der Waals surface area contributed by atoms with Crippen LogP contribution >= 0.6 is 0 Å². The van der Waals surface area contributed by atoms with E-state index in [1.54, 1.807) is 30.4 Å². The number of fused-ring (bicyclic) bond motifs is 1. The average molecular weight is 883 g/mol. The Morgan fingerprint density at radius 2 is 1.65 bits per heavy atom. The van der Waals surface area contributed by atoms with E-state index in [-0.39, 0.29) is 118 Å². The topological polar surface area (TPSA) is 226 Å². The van der Waals surface area contributed by atoms with Crippen molar-refractivity contribution >= 4 is 52.2 Å². The normalized spacial score (nSPS) is 21.4. The maximum atomic E-state index is 13.3. The van der Waals surface area contributed by atoms with Gasteiger partial charge in [-0.3, -0.25) is 33.8 Å². The zero-order valence-electron chi connectivity index (χ0n) is 35.0. The summed E-state index contributed by atoms with van der Waals surface area (Å²) in [5.74, 6) is -2.14. The summed E-state index contributed by atoms with van der Waals surface area (Å²) < 4.78 is 50.9. The Balaban J connectivity index is 0.763. The molecule has 4 heterocycles. The molecule has 18 nitrogen and oxygen atoms in total. The SMILES string of the molecule is CN1C(=O)C[C@H](C(=O)NCC(=O)NCCOCCOCCC(=O)N[C@H]2CC[C@@H](C(=O)NCCN3CC[C@H](Nc4ncnc5ccc(C(F)(F)F)cc45)C3=O)CC2)[C@H]1c1cccnc1. The zero-order chi connectivity index (χ0) is 44.9. The first-order chi connectivity index (χ1) is 30.3. The van der Waals surface area contributed by atoms with E-state index in [4.69, 9.17) is 9.47 Å². The van der Waals surface area contributed by atoms with Crippen LogP contribution in [0.3, 0.4) is 0 Å². The first-order valence-corrected chi connectivity index (χ1v) is 21.1. The minimum atomic E-state index is -4.54. The first-order valence-electron chi connectivity index (χ1n) is 21.1. The van der Waals surface area contributed by atoms with Crippen LogP contribution in [0.15, 0.2) is 49.1 Å². The van der Waals surface area contributed by atoms with Gasteiger partial charge in [0.05, 0.1) is 56.0 Å². The van der Waals surface area contributed by atoms with Crippen LogP contribution in [0.5, 0.6) is 0 Å². The van der Waals surface area contributed by atoms with E-state index >= 15 is 0 Å². The number of hydrogen-bond donors (Lipinski definition) is 5. The lowest BCUT2D eigenvalue weighted by Crippen LogP contribution is -2.43. The minimum absolute atomic E-state index is 0.0455. The highest BCUT2D eigenvalue weighted by molar-refractivity contribution is 5.94. The van der Waals surface area contributed by atoms with E-state index in [1.165, 1.54) is 17.3 Å². The van der Waals surface area contributed by atoms with Crippen molar-refractivity contribution in [1.82, 2.24) is 46.0 Å². The van der Waals surface area contributed by atoms with Crippen molar-refractivity contribution in [1.29, 1.82) is 0 Å². The lowest BCUT2D eigenvalue weighted by atomic mass is 9.85. The fraction of sp³-hybridized carbons (Fsp3) is 0.548. The van der Waals surface area contributed by atoms with Crippen molar-refractivity contribution in [3.8, 4) is 0 Å². The quantitative estimate of drug-likeness (QED) is 0.102. The maximum absolute atomic E-state index is 13.3. The lowest BCUT2D eigenvalue weighted by molar-refractivity contribution is -0.137. The highest BCUT2D eigenvalue weighted by atomic mass is 19.4. The molecule has 2 saturated heterocycles. The monoisotopic (exact) mass is 882 g/mol. The lowest BCUT2D eigenvalue weighted by Gasteiger charge is -2.28. The summed E-state index contributed by atoms with van der Waals surface area (Å²) in [6, 6.07) is 5.55. The van der Waals surface area contributed by atoms with Gasteiger partial charge < -0.3 is 45.9 Å². The van der Waals surface area contributed by atoms with Crippen LogP contribution in [-0.2, 0) is 44.4 Å². The third kappa shape index (κ3) is 12.8. The Morgan fingerprint density at radius 3 is 2.40 bits per heavy atom. The number of amides is 6. The van der Waals surface area contributed by atoms with Gasteiger partial charge in [-0.15, -0.1) is 0 Å². The number of hydrogen-bond acceptors (Lipinski definition) is 12. The maximum Gasteiger partial charge on any atom is 0.416 e. The van der Waals surface area contributed by atoms with Gasteiger partial charge in [0.15, 0.2) is 0 Å². The molecule has 3 atom stereocenters. The molecule has 21 heteroatoms. The van der Waals surface area contributed by atoms with Crippen LogP contribution in [0.25, 0.3) is 10.9 Å². The van der Waals surface area contributed by atoms with Crippen molar-refractivity contribution in [3.05, 3.63) is 60.2 Å². The van der Waals surface area contributed by atoms with Crippen molar-refractivity contribution in [3.63, 3.8) is 0 Å². The summed E-state index contributed by atoms with van der Waals surface area (Å²) in [5, 5.41) is 14.4. The number of benzene rings is 1. The third-order valence-electron chi connectivity index (χ3n) is 11.5. The fourth-order valence-corrected chi connectivity index (χ4v) is 8.09. The number of aromatic nitrogens is 3. The Kier molecular flexibility index (Phi) is 16.2. The Morgan fingerprint density at radius 1 is 0.873 bits per heavy atom. The Labute approximate surface area is 361 Å². The summed E-state index contributed by atoms with van der Waals surface area (Å²) in [4.78, 5) is 91.3. The Hall–Kier alpha value is -5.96. The Bertz CT molecular complexity index is 2090. The van der Waals surface area contributed by atoms with Crippen LogP contribution in [0.4, 0.5) is 19.0 Å². The molecule has 0 radical (unpaired) electrons. The van der Waals surface area contributed by atoms with Crippen LogP contribution in [0, 0.1) is 11.8 Å². The van der Waals surface area contributed by atoms with E-state index in [1.807, 2.05) is 6.07 Å². The number of ether oxygens (including phenoxy) is 2. The molecule has 0 unspecified atom stereocenters. The van der Waals surface area contributed by atoms with Gasteiger partial charge in [0.2, 0.25) is 35.4 Å². The molecule has 1 aromatic carbocycles. The number of nitrogens with one attached hydrogen (secondary N) is 5. The smallest absolute Gasteiger partial charge is 0.379 e. The molecule has 3 aromatic rings. The van der Waals surface area contributed by atoms with Gasteiger partial charge >= 0.3 is 6.18 Å². The molecule has 2 aliphatic heterocycles. The number of anilines is 1. The van der Waals surface area contributed by atoms with Crippen LogP contribution in [0.2, 0.25) is 0 Å². The number of carbonyl (C=O) groups excluding carboxylic acids is 6. The molecule has 1 aliphatic carbocycles. The summed E-state index contributed by atoms with van der Waals surface area (Å²) in [6.45, 7) is 1.86. The summed E-state index contributed by atoms with van der Waals surface area (Å²) in [5.41, 5.74) is 0.228. The zero-order valence-corrected chi connectivity index (χ0v) is 35.0. The van der Waals surface area contributed by atoms with Gasteiger partial charge in [-0.05, 0) is 61.9 Å². The molecule has 0 spiro atoms. The molecule has 3 fully saturated rings. The number of likely N-dealkylation sites (tertiary alicyclic amines) is 2. The molecule has 6 rings (SSSR count). The van der Waals surface area contributed by atoms with E-state index in [9.17, 15) is 41.9 Å². The predicted molar refractivity (Wildman–Crippen MR) is 220 cm³/mol. The van der Waals surface area contributed by atoms with E-state index in [2.05, 4.69) is 41.5 Å². The van der Waals surface area contributed by atoms with Crippen LogP contribution in [0.1, 0.15) is 62.1 Å². The molecule has 0 bridgehead atoms. The largest absolute Gasteiger partial charge is 0.416 e. The molecule has 3 aliphatic rings. The van der Waals surface area contributed by atoms with Crippen LogP contribution < -0.4 is 26.6 Å². The molecule has 340 valence electrons. The van der Waals surface area contributed by atoms with Crippen molar-refractivity contribution in [2.75, 3.05) is 71.5 Å². The summed E-state index contributed by atoms with van der Waals surface area (Å²) in [6.07, 6.45) is 3.05. The van der Waals surface area contributed by atoms with Gasteiger partial charge in [-0.1, -0.05) is 6.07 Å². The van der Waals surface area contributed by atoms with Gasteiger partial charge in [-0.25, -0.2) is 9.97 Å². The second kappa shape index (κ2) is 21.9. The fourth-order valence-electron chi connectivity index (χ4n) is 8.09. The van der Waals surface area contributed by atoms with Gasteiger partial charge in [0.25, 0.3) is 0 Å². The molecule has 6 amide bonds. The molecule has 2 aromatic heterocycles. The third-order valence-corrected chi connectivity index (χ3v) is 11.5. The molecular weight excluding hydrogens is 830 g/mol. The number of nitrogens with zero attached hydrogens (tertiary/aromatic N) is 5. The number of carbonyl (C=O) groups is 6. The molecule has 63 heavy (non-hydrogen) atoms. The van der Waals surface area contributed by atoms with E-state index < -0.39 is 35.6 Å². The standard InChI is InChI=1S/C42H53F3N10O8/c1-54-36(58)22-31(37(54)27-3-2-12-46-23-27)40(60)49-24-35(57)47-14-18-63-20-19-62-17-11-34(56)52-29-7-4-26(5-8-29)39(59)48-13-16-55-15-10-33(41(55)61)53-38-30-21-28(42(43,44)45)6-9-32(30)50-25-51-38/h2-3,6,9,12,21,23,25-26,29,31,33,37H,4-5,7-8,10-11,13-20,22,24H2,1H3,(H,47,57)(H,48,59)(H,49,60)(H,52,56)(H,50,51,53)/t26-,29+,31-,33-,37+/m0/s1. The first kappa shape index (κ1) is 46.5. The predicted octanol–water partition coefficient (Wildman–Crippen LogP) is 1.72. The van der Waals surface area contributed by atoms with E-state index in [0.29, 0.717) is 44.2 Å². The summed E-state index contributed by atoms with van der Waals surface area (Å²) in [7, 11) is 1.64. The van der Waals surface area contributed by atoms with Gasteiger partial charge in [0.1, 0.15) is 18.2 Å². The van der Waals surface area contributed by atoms with Crippen molar-refractivity contribution in [2.45, 2.75) is 69.2 Å². The number of alkyl halides is 3. The number of pyridine rings is 1.